The molecule has 1 heterocycles. The minimum absolute atomic E-state index is 0.0172. The standard InChI is InChI=1S/C24H16ClF3N2O4/c1-13(21(31)8-14-2-4-15(5-3-14)23(33)34)30-12-20(24(26,27)28)19(10-22(30)32)18-9-17(25)7-6-16(18)11-29/h2-7,9-10,12-13H,8H2,1H3,(H,33,34). The third-order valence-electron chi connectivity index (χ3n) is 5.24. The van der Waals surface area contributed by atoms with Crippen molar-refractivity contribution in [3.05, 3.63) is 92.4 Å². The fourth-order valence-corrected chi connectivity index (χ4v) is 3.58. The molecule has 0 aliphatic rings. The lowest BCUT2D eigenvalue weighted by Crippen LogP contribution is -2.30. The summed E-state index contributed by atoms with van der Waals surface area (Å²) in [5.74, 6) is -1.69. The number of rotatable bonds is 6. The number of benzene rings is 2. The van der Waals surface area contributed by atoms with E-state index in [2.05, 4.69) is 0 Å². The number of carbonyl (C=O) groups is 2. The minimum atomic E-state index is -4.89. The summed E-state index contributed by atoms with van der Waals surface area (Å²) in [6.45, 7) is 1.30. The molecule has 0 fully saturated rings. The first kappa shape index (κ1) is 24.7. The molecule has 0 saturated heterocycles. The van der Waals surface area contributed by atoms with Gasteiger partial charge >= 0.3 is 12.1 Å². The number of alkyl halides is 3. The molecule has 1 N–H and O–H groups in total. The predicted octanol–water partition coefficient (Wildman–Crippen LogP) is 5.13. The van der Waals surface area contributed by atoms with Crippen LogP contribution in [0.4, 0.5) is 13.2 Å². The smallest absolute Gasteiger partial charge is 0.418 e. The topological polar surface area (TPSA) is 100 Å². The summed E-state index contributed by atoms with van der Waals surface area (Å²) in [7, 11) is 0. The molecule has 0 radical (unpaired) electrons. The van der Waals surface area contributed by atoms with Crippen LogP contribution in [-0.4, -0.2) is 21.4 Å². The van der Waals surface area contributed by atoms with Gasteiger partial charge in [0, 0.05) is 34.8 Å². The molecular formula is C24H16ClF3N2O4. The van der Waals surface area contributed by atoms with Gasteiger partial charge in [0.15, 0.2) is 5.78 Å². The zero-order valence-corrected chi connectivity index (χ0v) is 18.3. The van der Waals surface area contributed by atoms with E-state index in [1.165, 1.54) is 49.4 Å². The third kappa shape index (κ3) is 5.18. The van der Waals surface area contributed by atoms with Gasteiger partial charge in [-0.3, -0.25) is 9.59 Å². The Morgan fingerprint density at radius 2 is 1.76 bits per heavy atom. The molecule has 0 aliphatic heterocycles. The molecule has 0 bridgehead atoms. The lowest BCUT2D eigenvalue weighted by atomic mass is 9.96. The molecule has 10 heteroatoms. The maximum absolute atomic E-state index is 13.9. The van der Waals surface area contributed by atoms with Crippen LogP contribution in [0.3, 0.4) is 0 Å². The van der Waals surface area contributed by atoms with Crippen LogP contribution >= 0.6 is 11.6 Å². The largest absolute Gasteiger partial charge is 0.478 e. The average Bonchev–Trinajstić information content (AvgIpc) is 2.77. The number of carboxylic acids is 1. The van der Waals surface area contributed by atoms with E-state index >= 15 is 0 Å². The van der Waals surface area contributed by atoms with Crippen molar-refractivity contribution >= 4 is 23.4 Å². The third-order valence-corrected chi connectivity index (χ3v) is 5.48. The molecule has 1 atom stereocenters. The van der Waals surface area contributed by atoms with E-state index in [-0.39, 0.29) is 28.1 Å². The second-order valence-electron chi connectivity index (χ2n) is 7.47. The van der Waals surface area contributed by atoms with Crippen LogP contribution in [0.25, 0.3) is 11.1 Å². The second kappa shape index (κ2) is 9.53. The molecule has 174 valence electrons. The summed E-state index contributed by atoms with van der Waals surface area (Å²) < 4.78 is 42.5. The van der Waals surface area contributed by atoms with Crippen molar-refractivity contribution in [2.45, 2.75) is 25.6 Å². The van der Waals surface area contributed by atoms with Crippen LogP contribution in [0.1, 0.15) is 40.0 Å². The van der Waals surface area contributed by atoms with E-state index in [0.717, 1.165) is 6.07 Å². The SMILES string of the molecule is CC(C(=O)Cc1ccc(C(=O)O)cc1)n1cc(C(F)(F)F)c(-c2cc(Cl)ccc2C#N)cc1=O. The van der Waals surface area contributed by atoms with Gasteiger partial charge < -0.3 is 9.67 Å². The van der Waals surface area contributed by atoms with E-state index in [1.54, 1.807) is 6.07 Å². The van der Waals surface area contributed by atoms with Gasteiger partial charge in [-0.15, -0.1) is 0 Å². The van der Waals surface area contributed by atoms with E-state index in [1.807, 2.05) is 0 Å². The number of hydrogen-bond acceptors (Lipinski definition) is 4. The normalized spacial score (nSPS) is 12.1. The first-order valence-electron chi connectivity index (χ1n) is 9.80. The van der Waals surface area contributed by atoms with E-state index in [0.29, 0.717) is 16.3 Å². The van der Waals surface area contributed by atoms with Gasteiger partial charge in [-0.1, -0.05) is 23.7 Å². The highest BCUT2D eigenvalue weighted by Crippen LogP contribution is 2.38. The fourth-order valence-electron chi connectivity index (χ4n) is 3.41. The number of carbonyl (C=O) groups excluding carboxylic acids is 1. The monoisotopic (exact) mass is 488 g/mol. The van der Waals surface area contributed by atoms with Crippen LogP contribution in [0.5, 0.6) is 0 Å². The highest BCUT2D eigenvalue weighted by Gasteiger charge is 2.36. The highest BCUT2D eigenvalue weighted by atomic mass is 35.5. The predicted molar refractivity (Wildman–Crippen MR) is 118 cm³/mol. The number of nitriles is 1. The summed E-state index contributed by atoms with van der Waals surface area (Å²) >= 11 is 5.91. The van der Waals surface area contributed by atoms with Crippen LogP contribution in [0.2, 0.25) is 5.02 Å². The maximum Gasteiger partial charge on any atom is 0.418 e. The van der Waals surface area contributed by atoms with E-state index in [4.69, 9.17) is 16.7 Å². The first-order chi connectivity index (χ1) is 15.9. The van der Waals surface area contributed by atoms with Gasteiger partial charge in [0.2, 0.25) is 0 Å². The Balaban J connectivity index is 2.04. The zero-order valence-electron chi connectivity index (χ0n) is 17.6. The Labute approximate surface area is 196 Å². The number of aromatic carboxylic acids is 1. The summed E-state index contributed by atoms with van der Waals surface area (Å²) in [6, 6.07) is 10.5. The zero-order chi connectivity index (χ0) is 25.2. The molecule has 1 aromatic heterocycles. The number of nitrogens with zero attached hydrogens (tertiary/aromatic N) is 2. The van der Waals surface area contributed by atoms with Crippen molar-refractivity contribution in [1.29, 1.82) is 5.26 Å². The highest BCUT2D eigenvalue weighted by molar-refractivity contribution is 6.31. The minimum Gasteiger partial charge on any atom is -0.478 e. The molecule has 3 rings (SSSR count). The number of carboxylic acid groups (broad SMARTS) is 1. The molecule has 0 saturated carbocycles. The van der Waals surface area contributed by atoms with Crippen molar-refractivity contribution in [2.75, 3.05) is 0 Å². The van der Waals surface area contributed by atoms with E-state index in [9.17, 15) is 32.8 Å². The number of aromatic nitrogens is 1. The lowest BCUT2D eigenvalue weighted by molar-refractivity contribution is -0.137. The van der Waals surface area contributed by atoms with Crippen molar-refractivity contribution in [3.63, 3.8) is 0 Å². The van der Waals surface area contributed by atoms with Crippen LogP contribution in [0.15, 0.2) is 59.5 Å². The average molecular weight is 489 g/mol. The first-order valence-corrected chi connectivity index (χ1v) is 10.2. The number of halogens is 4. The Bertz CT molecular complexity index is 1370. The molecule has 1 unspecified atom stereocenters. The van der Waals surface area contributed by atoms with Gasteiger partial charge in [-0.2, -0.15) is 18.4 Å². The molecule has 2 aromatic carbocycles. The number of ketones is 1. The summed E-state index contributed by atoms with van der Waals surface area (Å²) in [6.07, 6.45) is -4.55. The quantitative estimate of drug-likeness (QED) is 0.518. The van der Waals surface area contributed by atoms with Gasteiger partial charge in [-0.05, 0) is 42.8 Å². The molecule has 0 amide bonds. The Hall–Kier alpha value is -3.90. The van der Waals surface area contributed by atoms with E-state index < -0.39 is 40.7 Å². The summed E-state index contributed by atoms with van der Waals surface area (Å²) in [4.78, 5) is 36.4. The molecule has 0 aliphatic carbocycles. The lowest BCUT2D eigenvalue weighted by Gasteiger charge is -2.20. The van der Waals surface area contributed by atoms with Crippen molar-refractivity contribution < 1.29 is 27.9 Å². The van der Waals surface area contributed by atoms with Gasteiger partial charge in [-0.25, -0.2) is 4.79 Å². The Morgan fingerprint density at radius 3 is 2.32 bits per heavy atom. The van der Waals surface area contributed by atoms with Gasteiger partial charge in [0.05, 0.1) is 28.8 Å². The van der Waals surface area contributed by atoms with Gasteiger partial charge in [0.1, 0.15) is 0 Å². The fraction of sp³-hybridized carbons (Fsp3) is 0.167. The molecular weight excluding hydrogens is 473 g/mol. The van der Waals surface area contributed by atoms with Crippen molar-refractivity contribution in [1.82, 2.24) is 4.57 Å². The number of hydrogen-bond donors (Lipinski definition) is 1. The molecule has 6 nitrogen and oxygen atoms in total. The maximum atomic E-state index is 13.9. The Kier molecular flexibility index (Phi) is 6.93. The summed E-state index contributed by atoms with van der Waals surface area (Å²) in [5, 5.41) is 18.3. The molecule has 34 heavy (non-hydrogen) atoms. The van der Waals surface area contributed by atoms with Crippen LogP contribution in [0, 0.1) is 11.3 Å². The molecule has 0 spiro atoms. The number of Topliss-reactive ketones (excluding diaryl/α,β-unsaturated/α-hetero) is 1. The second-order valence-corrected chi connectivity index (χ2v) is 7.90. The van der Waals surface area contributed by atoms with Crippen LogP contribution < -0.4 is 5.56 Å². The van der Waals surface area contributed by atoms with Gasteiger partial charge in [0.25, 0.3) is 5.56 Å². The molecule has 3 aromatic rings. The Morgan fingerprint density at radius 1 is 1.12 bits per heavy atom. The van der Waals surface area contributed by atoms with Crippen molar-refractivity contribution in [3.8, 4) is 17.2 Å². The number of pyridine rings is 1. The van der Waals surface area contributed by atoms with Crippen molar-refractivity contribution in [2.24, 2.45) is 0 Å². The van der Waals surface area contributed by atoms with Crippen LogP contribution in [-0.2, 0) is 17.4 Å². The summed E-state index contributed by atoms with van der Waals surface area (Å²) in [5.41, 5.74) is -2.36.